The SMILES string of the molecule is COc1ccc(CCNC(=O)c2cnc(N)cn2)cc1. The molecule has 0 unspecified atom stereocenters. The zero-order chi connectivity index (χ0) is 14.4. The van der Waals surface area contributed by atoms with Crippen LogP contribution in [0.3, 0.4) is 0 Å². The van der Waals surface area contributed by atoms with E-state index in [2.05, 4.69) is 15.3 Å². The number of amides is 1. The standard InChI is InChI=1S/C14H16N4O2/c1-20-11-4-2-10(3-5-11)6-7-16-14(19)12-8-18-13(15)9-17-12/h2-5,8-9H,6-7H2,1H3,(H2,15,18)(H,16,19). The number of carbonyl (C=O) groups is 1. The molecule has 0 aliphatic heterocycles. The summed E-state index contributed by atoms with van der Waals surface area (Å²) in [5, 5.41) is 2.78. The van der Waals surface area contributed by atoms with Gasteiger partial charge < -0.3 is 15.8 Å². The van der Waals surface area contributed by atoms with Gasteiger partial charge in [-0.05, 0) is 24.1 Å². The molecule has 0 aliphatic rings. The van der Waals surface area contributed by atoms with Crippen molar-refractivity contribution in [3.05, 3.63) is 47.9 Å². The Hall–Kier alpha value is -2.63. The molecule has 0 fully saturated rings. The zero-order valence-corrected chi connectivity index (χ0v) is 11.2. The predicted molar refractivity (Wildman–Crippen MR) is 75.5 cm³/mol. The smallest absolute Gasteiger partial charge is 0.271 e. The number of benzene rings is 1. The highest BCUT2D eigenvalue weighted by Gasteiger charge is 2.06. The molecule has 6 heteroatoms. The molecule has 1 aromatic heterocycles. The highest BCUT2D eigenvalue weighted by atomic mass is 16.5. The number of rotatable bonds is 5. The second kappa shape index (κ2) is 6.51. The van der Waals surface area contributed by atoms with Crippen molar-refractivity contribution in [2.75, 3.05) is 19.4 Å². The molecule has 2 aromatic rings. The number of nitrogen functional groups attached to an aromatic ring is 1. The van der Waals surface area contributed by atoms with Crippen LogP contribution in [0.1, 0.15) is 16.1 Å². The van der Waals surface area contributed by atoms with Gasteiger partial charge >= 0.3 is 0 Å². The molecule has 1 heterocycles. The van der Waals surface area contributed by atoms with Crippen molar-refractivity contribution in [2.24, 2.45) is 0 Å². The molecule has 104 valence electrons. The maximum Gasteiger partial charge on any atom is 0.271 e. The zero-order valence-electron chi connectivity index (χ0n) is 11.2. The lowest BCUT2D eigenvalue weighted by Gasteiger charge is -2.05. The summed E-state index contributed by atoms with van der Waals surface area (Å²) in [7, 11) is 1.63. The van der Waals surface area contributed by atoms with Crippen molar-refractivity contribution in [3.8, 4) is 5.75 Å². The first-order valence-electron chi connectivity index (χ1n) is 6.17. The van der Waals surface area contributed by atoms with Gasteiger partial charge in [-0.15, -0.1) is 0 Å². The average Bonchev–Trinajstić information content (AvgIpc) is 2.48. The molecule has 3 N–H and O–H groups in total. The van der Waals surface area contributed by atoms with E-state index < -0.39 is 0 Å². The lowest BCUT2D eigenvalue weighted by Crippen LogP contribution is -2.26. The highest BCUT2D eigenvalue weighted by Crippen LogP contribution is 2.11. The molecule has 20 heavy (non-hydrogen) atoms. The van der Waals surface area contributed by atoms with Crippen molar-refractivity contribution in [1.82, 2.24) is 15.3 Å². The van der Waals surface area contributed by atoms with Crippen LogP contribution in [0.25, 0.3) is 0 Å². The molecule has 0 saturated heterocycles. The number of carbonyl (C=O) groups excluding carboxylic acids is 1. The number of nitrogens with one attached hydrogen (secondary N) is 1. The molecule has 1 aromatic carbocycles. The molecule has 0 saturated carbocycles. The van der Waals surface area contributed by atoms with Crippen molar-refractivity contribution in [2.45, 2.75) is 6.42 Å². The summed E-state index contributed by atoms with van der Waals surface area (Å²) < 4.78 is 5.08. The predicted octanol–water partition coefficient (Wildman–Crippen LogP) is 1.04. The Bertz CT molecular complexity index is 567. The molecule has 0 spiro atoms. The van der Waals surface area contributed by atoms with Crippen LogP contribution < -0.4 is 15.8 Å². The lowest BCUT2D eigenvalue weighted by atomic mass is 10.1. The summed E-state index contributed by atoms with van der Waals surface area (Å²) in [5.41, 5.74) is 6.79. The lowest BCUT2D eigenvalue weighted by molar-refractivity contribution is 0.0949. The Morgan fingerprint density at radius 1 is 1.25 bits per heavy atom. The van der Waals surface area contributed by atoms with E-state index in [1.807, 2.05) is 24.3 Å². The first kappa shape index (κ1) is 13.8. The Morgan fingerprint density at radius 3 is 2.60 bits per heavy atom. The van der Waals surface area contributed by atoms with Gasteiger partial charge in [0.15, 0.2) is 0 Å². The number of anilines is 1. The van der Waals surface area contributed by atoms with Gasteiger partial charge in [0.05, 0.1) is 19.5 Å². The van der Waals surface area contributed by atoms with Crippen LogP contribution >= 0.6 is 0 Å². The van der Waals surface area contributed by atoms with Crippen LogP contribution in [0.4, 0.5) is 5.82 Å². The largest absolute Gasteiger partial charge is 0.497 e. The second-order valence-corrected chi connectivity index (χ2v) is 4.18. The van der Waals surface area contributed by atoms with Crippen LogP contribution in [0.2, 0.25) is 0 Å². The van der Waals surface area contributed by atoms with Crippen LogP contribution in [0.15, 0.2) is 36.7 Å². The molecule has 2 rings (SSSR count). The quantitative estimate of drug-likeness (QED) is 0.848. The Morgan fingerprint density at radius 2 is 2.00 bits per heavy atom. The number of aromatic nitrogens is 2. The molecule has 6 nitrogen and oxygen atoms in total. The highest BCUT2D eigenvalue weighted by molar-refractivity contribution is 5.91. The van der Waals surface area contributed by atoms with Crippen molar-refractivity contribution in [1.29, 1.82) is 0 Å². The third-order valence-corrected chi connectivity index (χ3v) is 2.76. The monoisotopic (exact) mass is 272 g/mol. The summed E-state index contributed by atoms with van der Waals surface area (Å²) in [6.45, 7) is 0.525. The first-order valence-corrected chi connectivity index (χ1v) is 6.17. The van der Waals surface area contributed by atoms with E-state index in [1.165, 1.54) is 12.4 Å². The number of nitrogens with zero attached hydrogens (tertiary/aromatic N) is 2. The van der Waals surface area contributed by atoms with Gasteiger partial charge in [0, 0.05) is 6.54 Å². The number of hydrogen-bond acceptors (Lipinski definition) is 5. The van der Waals surface area contributed by atoms with E-state index >= 15 is 0 Å². The minimum absolute atomic E-state index is 0.258. The third-order valence-electron chi connectivity index (χ3n) is 2.76. The first-order chi connectivity index (χ1) is 9.69. The summed E-state index contributed by atoms with van der Waals surface area (Å²) in [5.74, 6) is 0.848. The molecule has 0 bridgehead atoms. The second-order valence-electron chi connectivity index (χ2n) is 4.18. The molecule has 1 amide bonds. The van der Waals surface area contributed by atoms with Crippen LogP contribution in [-0.4, -0.2) is 29.5 Å². The van der Waals surface area contributed by atoms with E-state index in [4.69, 9.17) is 10.5 Å². The fraction of sp³-hybridized carbons (Fsp3) is 0.214. The Labute approximate surface area is 117 Å². The Kier molecular flexibility index (Phi) is 4.49. The van der Waals surface area contributed by atoms with Crippen molar-refractivity contribution >= 4 is 11.7 Å². The summed E-state index contributed by atoms with van der Waals surface area (Å²) in [6.07, 6.45) is 3.45. The normalized spacial score (nSPS) is 10.1. The summed E-state index contributed by atoms with van der Waals surface area (Å²) >= 11 is 0. The van der Waals surface area contributed by atoms with E-state index in [1.54, 1.807) is 7.11 Å². The maximum absolute atomic E-state index is 11.8. The van der Waals surface area contributed by atoms with E-state index in [0.29, 0.717) is 12.4 Å². The van der Waals surface area contributed by atoms with Crippen LogP contribution in [-0.2, 0) is 6.42 Å². The Balaban J connectivity index is 1.82. The number of methoxy groups -OCH3 is 1. The van der Waals surface area contributed by atoms with Crippen molar-refractivity contribution in [3.63, 3.8) is 0 Å². The van der Waals surface area contributed by atoms with Crippen LogP contribution in [0, 0.1) is 0 Å². The minimum atomic E-state index is -0.258. The van der Waals surface area contributed by atoms with Crippen LogP contribution in [0.5, 0.6) is 5.75 Å². The number of hydrogen-bond donors (Lipinski definition) is 2. The molecule has 0 atom stereocenters. The number of ether oxygens (including phenoxy) is 1. The molecular weight excluding hydrogens is 256 g/mol. The van der Waals surface area contributed by atoms with E-state index in [-0.39, 0.29) is 11.6 Å². The van der Waals surface area contributed by atoms with Gasteiger partial charge in [-0.3, -0.25) is 4.79 Å². The third kappa shape index (κ3) is 3.68. The molecule has 0 radical (unpaired) electrons. The van der Waals surface area contributed by atoms with Gasteiger partial charge in [0.25, 0.3) is 5.91 Å². The topological polar surface area (TPSA) is 90.1 Å². The van der Waals surface area contributed by atoms with Gasteiger partial charge in [-0.2, -0.15) is 0 Å². The molecular formula is C14H16N4O2. The summed E-state index contributed by atoms with van der Waals surface area (Å²) in [4.78, 5) is 19.5. The van der Waals surface area contributed by atoms with Gasteiger partial charge in [0.2, 0.25) is 0 Å². The maximum atomic E-state index is 11.8. The number of nitrogens with two attached hydrogens (primary N) is 1. The van der Waals surface area contributed by atoms with E-state index in [9.17, 15) is 4.79 Å². The average molecular weight is 272 g/mol. The van der Waals surface area contributed by atoms with Gasteiger partial charge in [-0.1, -0.05) is 12.1 Å². The van der Waals surface area contributed by atoms with E-state index in [0.717, 1.165) is 17.7 Å². The van der Waals surface area contributed by atoms with Gasteiger partial charge in [0.1, 0.15) is 17.3 Å². The van der Waals surface area contributed by atoms with Gasteiger partial charge in [-0.25, -0.2) is 9.97 Å². The fourth-order valence-corrected chi connectivity index (χ4v) is 1.66. The molecule has 0 aliphatic carbocycles. The summed E-state index contributed by atoms with van der Waals surface area (Å²) in [6, 6.07) is 7.72. The minimum Gasteiger partial charge on any atom is -0.497 e. The fourth-order valence-electron chi connectivity index (χ4n) is 1.66. The van der Waals surface area contributed by atoms with Crippen molar-refractivity contribution < 1.29 is 9.53 Å².